The molecule has 0 unspecified atom stereocenters. The van der Waals surface area contributed by atoms with Gasteiger partial charge in [0.05, 0.1) is 11.4 Å². The van der Waals surface area contributed by atoms with Gasteiger partial charge in [-0.1, -0.05) is 0 Å². The summed E-state index contributed by atoms with van der Waals surface area (Å²) in [5, 5.41) is 0. The first-order valence-electron chi connectivity index (χ1n) is 5.12. The molecule has 15 heavy (non-hydrogen) atoms. The summed E-state index contributed by atoms with van der Waals surface area (Å²) in [5.74, 6) is -0.0801. The molecule has 1 aliphatic heterocycles. The molecule has 0 aliphatic carbocycles. The molecule has 1 aliphatic rings. The smallest absolute Gasteiger partial charge is 0.235 e. The second-order valence-corrected chi connectivity index (χ2v) is 6.88. The molecule has 0 aromatic rings. The number of hydrogen-bond donors (Lipinski definition) is 0. The van der Waals surface area contributed by atoms with Gasteiger partial charge in [-0.15, -0.1) is 0 Å². The Hall–Kier alpha value is 0.160. The highest BCUT2D eigenvalue weighted by atomic mass is 35.7. The fourth-order valence-corrected chi connectivity index (χ4v) is 3.57. The van der Waals surface area contributed by atoms with Crippen molar-refractivity contribution in [3.05, 3.63) is 0 Å². The Kier molecular flexibility index (Phi) is 4.40. The molecule has 0 amide bonds. The fraction of sp³-hybridized carbons (Fsp3) is 1.00. The van der Waals surface area contributed by atoms with Gasteiger partial charge in [-0.2, -0.15) is 0 Å². The summed E-state index contributed by atoms with van der Waals surface area (Å²) in [5.41, 5.74) is -0.568. The van der Waals surface area contributed by atoms with E-state index in [9.17, 15) is 8.42 Å². The maximum atomic E-state index is 11.1. The second-order valence-electron chi connectivity index (χ2n) is 4.10. The van der Waals surface area contributed by atoms with Gasteiger partial charge < -0.3 is 9.64 Å². The van der Waals surface area contributed by atoms with Crippen LogP contribution in [0.2, 0.25) is 0 Å². The van der Waals surface area contributed by atoms with Crippen molar-refractivity contribution in [1.82, 2.24) is 4.90 Å². The zero-order valence-corrected chi connectivity index (χ0v) is 10.8. The first-order valence-corrected chi connectivity index (χ1v) is 7.59. The number of halogens is 1. The number of likely N-dealkylation sites (tertiary alicyclic amines) is 1. The molecule has 0 saturated carbocycles. The van der Waals surface area contributed by atoms with Crippen molar-refractivity contribution in [2.45, 2.75) is 25.4 Å². The molecule has 1 heterocycles. The highest BCUT2D eigenvalue weighted by molar-refractivity contribution is 8.13. The van der Waals surface area contributed by atoms with Crippen LogP contribution in [0.5, 0.6) is 0 Å². The van der Waals surface area contributed by atoms with Crippen molar-refractivity contribution in [2.24, 2.45) is 0 Å². The monoisotopic (exact) mass is 255 g/mol. The molecule has 0 spiro atoms. The third-order valence-electron chi connectivity index (χ3n) is 2.78. The number of piperidine rings is 1. The van der Waals surface area contributed by atoms with Crippen molar-refractivity contribution in [1.29, 1.82) is 0 Å². The Morgan fingerprint density at radius 3 is 2.33 bits per heavy atom. The van der Waals surface area contributed by atoms with Gasteiger partial charge in [0.1, 0.15) is 0 Å². The lowest BCUT2D eigenvalue weighted by molar-refractivity contribution is -0.0593. The van der Waals surface area contributed by atoms with Crippen LogP contribution in [0.15, 0.2) is 0 Å². The van der Waals surface area contributed by atoms with E-state index in [0.29, 0.717) is 6.61 Å². The van der Waals surface area contributed by atoms with Gasteiger partial charge in [0, 0.05) is 30.4 Å². The second kappa shape index (κ2) is 4.99. The number of ether oxygens (including phenoxy) is 1. The van der Waals surface area contributed by atoms with Crippen molar-refractivity contribution in [2.75, 3.05) is 32.5 Å². The van der Waals surface area contributed by atoms with Gasteiger partial charge in [0.2, 0.25) is 9.05 Å². The standard InChI is InChI=1S/C9H18ClNO3S/c1-3-14-9(8-15(10,12)13)4-6-11(2)7-5-9/h3-8H2,1-2H3. The Bertz CT molecular complexity index is 296. The van der Waals surface area contributed by atoms with E-state index in [1.54, 1.807) is 0 Å². The maximum absolute atomic E-state index is 11.1. The molecule has 1 saturated heterocycles. The molecule has 1 fully saturated rings. The van der Waals surface area contributed by atoms with E-state index >= 15 is 0 Å². The summed E-state index contributed by atoms with van der Waals surface area (Å²) in [6, 6.07) is 0. The van der Waals surface area contributed by atoms with Crippen molar-refractivity contribution < 1.29 is 13.2 Å². The number of nitrogens with zero attached hydrogens (tertiary/aromatic N) is 1. The molecule has 0 radical (unpaired) electrons. The Labute approximate surface area is 96.0 Å². The number of hydrogen-bond acceptors (Lipinski definition) is 4. The molecule has 0 aromatic heterocycles. The van der Waals surface area contributed by atoms with Crippen LogP contribution in [0, 0.1) is 0 Å². The van der Waals surface area contributed by atoms with Crippen LogP contribution in [0.25, 0.3) is 0 Å². The lowest BCUT2D eigenvalue weighted by Crippen LogP contribution is -2.48. The van der Waals surface area contributed by atoms with Crippen molar-refractivity contribution in [3.63, 3.8) is 0 Å². The van der Waals surface area contributed by atoms with Crippen LogP contribution < -0.4 is 0 Å². The predicted octanol–water partition coefficient (Wildman–Crippen LogP) is 1.06. The lowest BCUT2D eigenvalue weighted by atomic mass is 9.93. The van der Waals surface area contributed by atoms with Gasteiger partial charge in [-0.3, -0.25) is 0 Å². The molecular weight excluding hydrogens is 238 g/mol. The third-order valence-corrected chi connectivity index (χ3v) is 3.98. The first kappa shape index (κ1) is 13.2. The van der Waals surface area contributed by atoms with E-state index in [1.807, 2.05) is 14.0 Å². The van der Waals surface area contributed by atoms with E-state index in [4.69, 9.17) is 15.4 Å². The molecule has 0 bridgehead atoms. The van der Waals surface area contributed by atoms with Crippen LogP contribution in [0.4, 0.5) is 0 Å². The minimum Gasteiger partial charge on any atom is -0.374 e. The molecule has 0 atom stereocenters. The average Bonchev–Trinajstić information content (AvgIpc) is 2.08. The molecular formula is C9H18ClNO3S. The summed E-state index contributed by atoms with van der Waals surface area (Å²) in [7, 11) is 3.83. The van der Waals surface area contributed by atoms with Gasteiger partial charge >= 0.3 is 0 Å². The normalized spacial score (nSPS) is 22.9. The molecule has 90 valence electrons. The summed E-state index contributed by atoms with van der Waals surface area (Å²) in [6.07, 6.45) is 1.45. The summed E-state index contributed by atoms with van der Waals surface area (Å²) < 4.78 is 27.9. The Balaban J connectivity index is 2.71. The molecule has 0 aromatic carbocycles. The summed E-state index contributed by atoms with van der Waals surface area (Å²) in [4.78, 5) is 2.16. The summed E-state index contributed by atoms with van der Waals surface area (Å²) >= 11 is 0. The first-order chi connectivity index (χ1) is 6.87. The largest absolute Gasteiger partial charge is 0.374 e. The zero-order chi connectivity index (χ0) is 11.5. The minimum atomic E-state index is -3.49. The van der Waals surface area contributed by atoms with Crippen LogP contribution in [-0.4, -0.2) is 51.4 Å². The van der Waals surface area contributed by atoms with E-state index < -0.39 is 14.7 Å². The maximum Gasteiger partial charge on any atom is 0.235 e. The van der Waals surface area contributed by atoms with Crippen LogP contribution in [0.1, 0.15) is 19.8 Å². The van der Waals surface area contributed by atoms with Crippen LogP contribution in [0.3, 0.4) is 0 Å². The molecule has 6 heteroatoms. The Morgan fingerprint density at radius 2 is 1.93 bits per heavy atom. The van der Waals surface area contributed by atoms with Gasteiger partial charge in [0.15, 0.2) is 0 Å². The summed E-state index contributed by atoms with van der Waals surface area (Å²) in [6.45, 7) is 4.11. The van der Waals surface area contributed by atoms with E-state index in [0.717, 1.165) is 25.9 Å². The molecule has 4 nitrogen and oxygen atoms in total. The van der Waals surface area contributed by atoms with E-state index in [1.165, 1.54) is 0 Å². The minimum absolute atomic E-state index is 0.0801. The highest BCUT2D eigenvalue weighted by Crippen LogP contribution is 2.28. The van der Waals surface area contributed by atoms with Crippen molar-refractivity contribution in [3.8, 4) is 0 Å². The zero-order valence-electron chi connectivity index (χ0n) is 9.20. The molecule has 1 rings (SSSR count). The van der Waals surface area contributed by atoms with Gasteiger partial charge in [-0.05, 0) is 26.8 Å². The predicted molar refractivity (Wildman–Crippen MR) is 60.7 cm³/mol. The highest BCUT2D eigenvalue weighted by Gasteiger charge is 2.38. The van der Waals surface area contributed by atoms with Crippen molar-refractivity contribution >= 4 is 19.7 Å². The van der Waals surface area contributed by atoms with Gasteiger partial charge in [0.25, 0.3) is 0 Å². The topological polar surface area (TPSA) is 46.6 Å². The van der Waals surface area contributed by atoms with E-state index in [2.05, 4.69) is 4.90 Å². The SMILES string of the molecule is CCOC1(CS(=O)(=O)Cl)CCN(C)CC1. The fourth-order valence-electron chi connectivity index (χ4n) is 1.98. The van der Waals surface area contributed by atoms with Crippen LogP contribution >= 0.6 is 10.7 Å². The number of rotatable bonds is 4. The Morgan fingerprint density at radius 1 is 1.40 bits per heavy atom. The quantitative estimate of drug-likeness (QED) is 0.705. The van der Waals surface area contributed by atoms with Crippen LogP contribution in [-0.2, 0) is 13.8 Å². The third kappa shape index (κ3) is 4.26. The average molecular weight is 256 g/mol. The lowest BCUT2D eigenvalue weighted by Gasteiger charge is -2.39. The van der Waals surface area contributed by atoms with Gasteiger partial charge in [-0.25, -0.2) is 8.42 Å². The van der Waals surface area contributed by atoms with E-state index in [-0.39, 0.29) is 5.75 Å². The molecule has 0 N–H and O–H groups in total.